The molecule has 0 atom stereocenters. The third-order valence-corrected chi connectivity index (χ3v) is 14.3. The van der Waals surface area contributed by atoms with Gasteiger partial charge < -0.3 is 64.9 Å². The number of hydrogen-bond donors (Lipinski definition) is 5. The highest BCUT2D eigenvalue weighted by Gasteiger charge is 2.21. The maximum Gasteiger partial charge on any atom is 0.335 e. The topological polar surface area (TPSA) is 304 Å². The lowest BCUT2D eigenvalue weighted by Gasteiger charge is -2.28. The number of ether oxygens (including phenoxy) is 5. The highest BCUT2D eigenvalue weighted by molar-refractivity contribution is 6.33. The number of anilines is 5. The van der Waals surface area contributed by atoms with Gasteiger partial charge in [0.25, 0.3) is 0 Å². The molecule has 82 heavy (non-hydrogen) atoms. The van der Waals surface area contributed by atoms with Gasteiger partial charge in [-0.15, -0.1) is 0 Å². The number of carboxylic acid groups (broad SMARTS) is 1. The molecule has 0 unspecified atom stereocenters. The third kappa shape index (κ3) is 14.0. The summed E-state index contributed by atoms with van der Waals surface area (Å²) in [6.45, 7) is 11.3. The number of carbonyl (C=O) groups is 1. The highest BCUT2D eigenvalue weighted by Crippen LogP contribution is 2.33. The number of halogens is 2. The Hall–Kier alpha value is -8.76. The Morgan fingerprint density at radius 1 is 0.585 bits per heavy atom. The predicted octanol–water partition coefficient (Wildman–Crippen LogP) is 7.98. The standard InChI is InChI=1S/C27H26N6O3.C15H14ClN5O.C11H13NO3.C4H5ClN4/c28-16-20-15-19(3-6-23(20)36-22-7-11-34-12-8-22)24-25-27(30-17-29-24)32-26(31-25)18-1-4-21(5-2-18)33-9-13-35-14-10-33;16-13-12-15(18-9-17-13)20-14(19-12)10-1-3-11(4-2-10)21-5-7-22-8-6-21;13-11(14)9-1-3-10(4-2-9)12-5-7-15-8-6-12;5-3-2(6)4(7)9-1-8-3/h1-6,15,17,22H,7-14H2,(H,29,30,31,32);1-4,9H,5-8H2,(H,17,18,19,20);1-4H,5-8H2,(H,13,14);1H,6H2,(H2,7,8,9). The summed E-state index contributed by atoms with van der Waals surface area (Å²) >= 11 is 11.5. The molecular formula is C57H58Cl2N16O7. The summed E-state index contributed by atoms with van der Waals surface area (Å²) in [5.41, 5.74) is 21.0. The van der Waals surface area contributed by atoms with Crippen LogP contribution in [0.15, 0.2) is 110 Å². The van der Waals surface area contributed by atoms with Crippen molar-refractivity contribution in [3.63, 3.8) is 0 Å². The van der Waals surface area contributed by atoms with Gasteiger partial charge >= 0.3 is 5.97 Å². The Morgan fingerprint density at radius 3 is 1.52 bits per heavy atom. The molecule has 0 bridgehead atoms. The molecule has 25 heteroatoms. The van der Waals surface area contributed by atoms with E-state index in [0.717, 1.165) is 131 Å². The highest BCUT2D eigenvalue weighted by atomic mass is 35.5. The van der Waals surface area contributed by atoms with Crippen molar-refractivity contribution in [3.8, 4) is 45.9 Å². The normalized spacial score (nSPS) is 15.5. The van der Waals surface area contributed by atoms with Crippen LogP contribution in [0.2, 0.25) is 10.3 Å². The van der Waals surface area contributed by atoms with Crippen LogP contribution in [0.25, 0.3) is 56.4 Å². The molecule has 422 valence electrons. The second kappa shape index (κ2) is 27.1. The number of nitrogens with zero attached hydrogens (tertiary/aromatic N) is 12. The van der Waals surface area contributed by atoms with E-state index in [1.54, 1.807) is 12.1 Å². The molecule has 4 aliphatic heterocycles. The lowest BCUT2D eigenvalue weighted by atomic mass is 10.1. The van der Waals surface area contributed by atoms with Crippen LogP contribution in [0.4, 0.5) is 28.6 Å². The Morgan fingerprint density at radius 2 is 1.04 bits per heavy atom. The van der Waals surface area contributed by atoms with Gasteiger partial charge in [0.15, 0.2) is 27.4 Å². The van der Waals surface area contributed by atoms with Crippen LogP contribution in [0.5, 0.6) is 5.75 Å². The van der Waals surface area contributed by atoms with E-state index in [1.807, 2.05) is 42.5 Å². The SMILES string of the molecule is Clc1ncnc2nc(-c3ccc(N4CCOCC4)cc3)[nH]c12.N#Cc1cc(-c2ncnc3nc(-c4ccc(N5CCOCC5)cc4)[nH]c23)ccc1OC1CCOCC1.Nc1ncnc(Cl)c1N.O=C(O)c1ccc(N2CCOCC2)cc1. The number of nitrogens with one attached hydrogen (secondary N) is 2. The van der Waals surface area contributed by atoms with Crippen molar-refractivity contribution >= 4 is 80.1 Å². The molecule has 5 aromatic heterocycles. The fourth-order valence-corrected chi connectivity index (χ4v) is 9.60. The average Bonchev–Trinajstić information content (AvgIpc) is 4.36. The summed E-state index contributed by atoms with van der Waals surface area (Å²) in [5, 5.41) is 19.1. The van der Waals surface area contributed by atoms with Crippen LogP contribution in [0.3, 0.4) is 0 Å². The maximum atomic E-state index is 10.7. The molecular weight excluding hydrogens is 1090 g/mol. The molecule has 4 aromatic carbocycles. The van der Waals surface area contributed by atoms with Crippen molar-refractivity contribution < 1.29 is 33.6 Å². The number of nitrogen functional groups attached to an aromatic ring is 2. The number of H-pyrrole nitrogens is 2. The van der Waals surface area contributed by atoms with E-state index >= 15 is 0 Å². The van der Waals surface area contributed by atoms with E-state index in [2.05, 4.69) is 102 Å². The van der Waals surface area contributed by atoms with E-state index in [1.165, 1.54) is 30.4 Å². The van der Waals surface area contributed by atoms with E-state index in [-0.39, 0.29) is 22.8 Å². The van der Waals surface area contributed by atoms with Gasteiger partial charge in [-0.05, 0) is 91.0 Å². The number of benzene rings is 4. The molecule has 13 rings (SSSR count). The Bertz CT molecular complexity index is 3600. The number of aromatic nitrogens is 10. The molecule has 0 radical (unpaired) electrons. The number of carboxylic acids is 1. The molecule has 4 fully saturated rings. The zero-order chi connectivity index (χ0) is 56.8. The van der Waals surface area contributed by atoms with Crippen LogP contribution in [-0.2, 0) is 18.9 Å². The van der Waals surface area contributed by atoms with E-state index in [0.29, 0.717) is 57.7 Å². The van der Waals surface area contributed by atoms with E-state index in [9.17, 15) is 10.1 Å². The summed E-state index contributed by atoms with van der Waals surface area (Å²) in [6.07, 6.45) is 5.88. The van der Waals surface area contributed by atoms with Crippen molar-refractivity contribution in [1.82, 2.24) is 49.8 Å². The number of aromatic carboxylic acids is 1. The van der Waals surface area contributed by atoms with Gasteiger partial charge in [0, 0.05) is 85.9 Å². The number of hydrogen-bond acceptors (Lipinski definition) is 20. The molecule has 23 nitrogen and oxygen atoms in total. The maximum absolute atomic E-state index is 10.7. The number of rotatable bonds is 9. The van der Waals surface area contributed by atoms with E-state index < -0.39 is 5.97 Å². The van der Waals surface area contributed by atoms with E-state index in [4.69, 9.17) is 68.4 Å². The van der Waals surface area contributed by atoms with Gasteiger partial charge in [0.2, 0.25) is 0 Å². The average molecular weight is 1150 g/mol. The minimum absolute atomic E-state index is 0.0623. The fraction of sp³-hybridized carbons (Fsp3) is 0.298. The third-order valence-electron chi connectivity index (χ3n) is 13.8. The van der Waals surface area contributed by atoms with Crippen LogP contribution >= 0.6 is 23.2 Å². The van der Waals surface area contributed by atoms with Crippen molar-refractivity contribution in [2.75, 3.05) is 118 Å². The number of imidazole rings is 2. The summed E-state index contributed by atoms with van der Waals surface area (Å²) in [5.74, 6) is 1.38. The number of nitriles is 1. The summed E-state index contributed by atoms with van der Waals surface area (Å²) < 4.78 is 27.6. The first kappa shape index (κ1) is 56.5. The van der Waals surface area contributed by atoms with Gasteiger partial charge in [-0.3, -0.25) is 0 Å². The molecule has 0 spiro atoms. The summed E-state index contributed by atoms with van der Waals surface area (Å²) in [6, 6.07) is 31.4. The first-order chi connectivity index (χ1) is 40.1. The minimum atomic E-state index is -0.886. The number of aromatic amines is 2. The zero-order valence-electron chi connectivity index (χ0n) is 44.5. The van der Waals surface area contributed by atoms with Crippen LogP contribution in [0, 0.1) is 11.3 Å². The minimum Gasteiger partial charge on any atom is -0.489 e. The largest absolute Gasteiger partial charge is 0.489 e. The predicted molar refractivity (Wildman–Crippen MR) is 312 cm³/mol. The molecule has 9 aromatic rings. The Balaban J connectivity index is 0.000000138. The van der Waals surface area contributed by atoms with Crippen molar-refractivity contribution in [2.24, 2.45) is 0 Å². The summed E-state index contributed by atoms with van der Waals surface area (Å²) in [7, 11) is 0. The van der Waals surface area contributed by atoms with Crippen LogP contribution in [0.1, 0.15) is 28.8 Å². The van der Waals surface area contributed by atoms with Gasteiger partial charge in [0.05, 0.1) is 69.7 Å². The van der Waals surface area contributed by atoms with Crippen LogP contribution in [-0.4, -0.2) is 159 Å². The fourth-order valence-electron chi connectivity index (χ4n) is 9.29. The molecule has 0 saturated carbocycles. The molecule has 7 N–H and O–H groups in total. The van der Waals surface area contributed by atoms with Gasteiger partial charge in [0.1, 0.15) is 65.3 Å². The second-order valence-electron chi connectivity index (χ2n) is 18.9. The van der Waals surface area contributed by atoms with Gasteiger partial charge in [-0.1, -0.05) is 23.2 Å². The Labute approximate surface area is 481 Å². The molecule has 0 amide bonds. The smallest absolute Gasteiger partial charge is 0.335 e. The molecule has 4 aliphatic rings. The summed E-state index contributed by atoms with van der Waals surface area (Å²) in [4.78, 5) is 57.4. The molecule has 9 heterocycles. The van der Waals surface area contributed by atoms with Crippen molar-refractivity contribution in [3.05, 3.63) is 131 Å². The lowest BCUT2D eigenvalue weighted by Crippen LogP contribution is -2.36. The number of fused-ring (bicyclic) bond motifs is 2. The number of nitrogens with two attached hydrogens (primary N) is 2. The first-order valence-electron chi connectivity index (χ1n) is 26.5. The van der Waals surface area contributed by atoms with Crippen LogP contribution < -0.4 is 30.9 Å². The second-order valence-corrected chi connectivity index (χ2v) is 19.6. The quantitative estimate of drug-likeness (QED) is 0.0855. The van der Waals surface area contributed by atoms with Crippen molar-refractivity contribution in [2.45, 2.75) is 18.9 Å². The Kier molecular flexibility index (Phi) is 18.7. The first-order valence-corrected chi connectivity index (χ1v) is 27.2. The monoisotopic (exact) mass is 1150 g/mol. The lowest BCUT2D eigenvalue weighted by molar-refractivity contribution is 0.0254. The molecule has 0 aliphatic carbocycles. The number of morpholine rings is 3. The van der Waals surface area contributed by atoms with Gasteiger partial charge in [-0.25, -0.2) is 44.7 Å². The zero-order valence-corrected chi connectivity index (χ0v) is 46.0. The van der Waals surface area contributed by atoms with Gasteiger partial charge in [-0.2, -0.15) is 5.26 Å². The van der Waals surface area contributed by atoms with Crippen molar-refractivity contribution in [1.29, 1.82) is 5.26 Å². The molecule has 4 saturated heterocycles.